The minimum atomic E-state index is -4.24. The van der Waals surface area contributed by atoms with Crippen LogP contribution in [0.5, 0.6) is 0 Å². The number of carbonyl (C=O) groups excluding carboxylic acids is 2. The molecule has 3 rings (SSSR count). The first-order valence-electron chi connectivity index (χ1n) is 9.08. The highest BCUT2D eigenvalue weighted by molar-refractivity contribution is 7.92. The van der Waals surface area contributed by atoms with Gasteiger partial charge in [-0.05, 0) is 25.3 Å². The van der Waals surface area contributed by atoms with E-state index in [0.29, 0.717) is 12.8 Å². The summed E-state index contributed by atoms with van der Waals surface area (Å²) in [7, 11) is -4.24. The molecule has 0 saturated heterocycles. The highest BCUT2D eigenvalue weighted by atomic mass is 32.2. The Morgan fingerprint density at radius 1 is 1.00 bits per heavy atom. The van der Waals surface area contributed by atoms with Crippen molar-refractivity contribution in [3.8, 4) is 0 Å². The quantitative estimate of drug-likeness (QED) is 0.610. The number of hydrogen-bond donors (Lipinski definition) is 1. The zero-order valence-corrected chi connectivity index (χ0v) is 16.0. The fourth-order valence-electron chi connectivity index (χ4n) is 3.61. The second kappa shape index (κ2) is 7.74. The van der Waals surface area contributed by atoms with Gasteiger partial charge in [0.1, 0.15) is 0 Å². The van der Waals surface area contributed by atoms with Crippen LogP contribution in [0.15, 0.2) is 60.7 Å². The SMILES string of the molecule is C[C@@H](NS(=O)(=O)C1(C(=O)c2ccccc2)CCCCC1=O)c1ccccc1. The molecule has 0 aromatic heterocycles. The minimum absolute atomic E-state index is 0.0103. The molecule has 2 aromatic carbocycles. The van der Waals surface area contributed by atoms with Crippen molar-refractivity contribution >= 4 is 21.6 Å². The van der Waals surface area contributed by atoms with Crippen LogP contribution in [-0.4, -0.2) is 24.7 Å². The zero-order valence-electron chi connectivity index (χ0n) is 15.2. The van der Waals surface area contributed by atoms with Crippen molar-refractivity contribution < 1.29 is 18.0 Å². The van der Waals surface area contributed by atoms with E-state index in [4.69, 9.17) is 0 Å². The number of carbonyl (C=O) groups is 2. The van der Waals surface area contributed by atoms with E-state index in [-0.39, 0.29) is 18.4 Å². The van der Waals surface area contributed by atoms with E-state index in [9.17, 15) is 18.0 Å². The molecular weight excluding hydrogens is 362 g/mol. The minimum Gasteiger partial charge on any atom is -0.297 e. The smallest absolute Gasteiger partial charge is 0.232 e. The third kappa shape index (κ3) is 3.59. The normalized spacial score (nSPS) is 21.6. The van der Waals surface area contributed by atoms with Gasteiger partial charge in [0, 0.05) is 18.0 Å². The molecule has 1 aliphatic carbocycles. The number of Topliss-reactive ketones (excluding diaryl/α,β-unsaturated/α-hetero) is 2. The lowest BCUT2D eigenvalue weighted by Crippen LogP contribution is -2.59. The largest absolute Gasteiger partial charge is 0.297 e. The summed E-state index contributed by atoms with van der Waals surface area (Å²) in [6, 6.07) is 16.7. The lowest BCUT2D eigenvalue weighted by atomic mass is 9.81. The van der Waals surface area contributed by atoms with E-state index in [1.54, 1.807) is 37.3 Å². The molecule has 1 unspecified atom stereocenters. The van der Waals surface area contributed by atoms with E-state index >= 15 is 0 Å². The number of nitrogens with one attached hydrogen (secondary N) is 1. The van der Waals surface area contributed by atoms with Crippen LogP contribution in [0.1, 0.15) is 54.6 Å². The Morgan fingerprint density at radius 3 is 2.19 bits per heavy atom. The maximum atomic E-state index is 13.4. The van der Waals surface area contributed by atoms with Gasteiger partial charge in [0.25, 0.3) is 0 Å². The van der Waals surface area contributed by atoms with Crippen molar-refractivity contribution in [3.63, 3.8) is 0 Å². The zero-order chi connectivity index (χ0) is 19.5. The molecular formula is C21H23NO4S. The summed E-state index contributed by atoms with van der Waals surface area (Å²) in [5, 5.41) is 0. The summed E-state index contributed by atoms with van der Waals surface area (Å²) in [6.45, 7) is 1.71. The van der Waals surface area contributed by atoms with Crippen LogP contribution in [0.2, 0.25) is 0 Å². The van der Waals surface area contributed by atoms with Gasteiger partial charge in [-0.15, -0.1) is 0 Å². The van der Waals surface area contributed by atoms with E-state index in [1.165, 1.54) is 0 Å². The molecule has 1 N–H and O–H groups in total. The Balaban J connectivity index is 2.02. The van der Waals surface area contributed by atoms with E-state index < -0.39 is 32.4 Å². The fraction of sp³-hybridized carbons (Fsp3) is 0.333. The highest BCUT2D eigenvalue weighted by Gasteiger charge is 2.57. The van der Waals surface area contributed by atoms with Gasteiger partial charge in [-0.2, -0.15) is 0 Å². The van der Waals surface area contributed by atoms with Gasteiger partial charge < -0.3 is 0 Å². The lowest BCUT2D eigenvalue weighted by molar-refractivity contribution is -0.121. The number of ketones is 2. The number of benzene rings is 2. The molecule has 5 nitrogen and oxygen atoms in total. The van der Waals surface area contributed by atoms with Gasteiger partial charge >= 0.3 is 0 Å². The van der Waals surface area contributed by atoms with Crippen molar-refractivity contribution in [2.75, 3.05) is 0 Å². The van der Waals surface area contributed by atoms with Gasteiger partial charge in [-0.25, -0.2) is 13.1 Å². The molecule has 0 amide bonds. The Kier molecular flexibility index (Phi) is 5.58. The average molecular weight is 385 g/mol. The Labute approximate surface area is 159 Å². The predicted molar refractivity (Wildman–Crippen MR) is 104 cm³/mol. The molecule has 1 aliphatic rings. The topological polar surface area (TPSA) is 80.3 Å². The van der Waals surface area contributed by atoms with Gasteiger partial charge in [0.15, 0.2) is 11.6 Å². The summed E-state index contributed by atoms with van der Waals surface area (Å²) in [4.78, 5) is 26.1. The van der Waals surface area contributed by atoms with E-state index in [0.717, 1.165) is 5.56 Å². The summed E-state index contributed by atoms with van der Waals surface area (Å²) >= 11 is 0. The third-order valence-electron chi connectivity index (χ3n) is 5.13. The van der Waals surface area contributed by atoms with Crippen molar-refractivity contribution in [3.05, 3.63) is 71.8 Å². The lowest BCUT2D eigenvalue weighted by Gasteiger charge is -2.34. The Bertz CT molecular complexity index is 925. The van der Waals surface area contributed by atoms with E-state index in [1.807, 2.05) is 30.3 Å². The molecule has 27 heavy (non-hydrogen) atoms. The Morgan fingerprint density at radius 2 is 1.59 bits per heavy atom. The molecule has 0 bridgehead atoms. The molecule has 0 spiro atoms. The molecule has 0 heterocycles. The summed E-state index contributed by atoms with van der Waals surface area (Å²) in [5.41, 5.74) is 1.01. The first kappa shape index (κ1) is 19.5. The molecule has 142 valence electrons. The van der Waals surface area contributed by atoms with Crippen LogP contribution in [-0.2, 0) is 14.8 Å². The van der Waals surface area contributed by atoms with Crippen LogP contribution in [0, 0.1) is 0 Å². The van der Waals surface area contributed by atoms with Gasteiger partial charge in [-0.3, -0.25) is 9.59 Å². The van der Waals surface area contributed by atoms with Crippen molar-refractivity contribution in [2.45, 2.75) is 43.4 Å². The maximum Gasteiger partial charge on any atom is 0.232 e. The van der Waals surface area contributed by atoms with Crippen molar-refractivity contribution in [2.24, 2.45) is 0 Å². The summed E-state index contributed by atoms with van der Waals surface area (Å²) in [5.74, 6) is -1.16. The molecule has 1 saturated carbocycles. The first-order valence-corrected chi connectivity index (χ1v) is 10.6. The molecule has 0 aliphatic heterocycles. The number of hydrogen-bond acceptors (Lipinski definition) is 4. The van der Waals surface area contributed by atoms with Crippen molar-refractivity contribution in [1.82, 2.24) is 4.72 Å². The van der Waals surface area contributed by atoms with Crippen LogP contribution in [0.4, 0.5) is 0 Å². The second-order valence-electron chi connectivity index (χ2n) is 6.91. The molecule has 6 heteroatoms. The molecule has 2 atom stereocenters. The van der Waals surface area contributed by atoms with Crippen molar-refractivity contribution in [1.29, 1.82) is 0 Å². The average Bonchev–Trinajstić information content (AvgIpc) is 2.68. The maximum absolute atomic E-state index is 13.4. The molecule has 2 aromatic rings. The van der Waals surface area contributed by atoms with Crippen LogP contribution < -0.4 is 4.72 Å². The van der Waals surface area contributed by atoms with E-state index in [2.05, 4.69) is 4.72 Å². The second-order valence-corrected chi connectivity index (χ2v) is 8.85. The summed E-state index contributed by atoms with van der Waals surface area (Å²) in [6.07, 6.45) is 1.23. The first-order chi connectivity index (χ1) is 12.9. The number of sulfonamides is 1. The number of rotatable bonds is 6. The fourth-order valence-corrected chi connectivity index (χ4v) is 5.59. The third-order valence-corrected chi connectivity index (χ3v) is 7.32. The summed E-state index contributed by atoms with van der Waals surface area (Å²) < 4.78 is 27.3. The van der Waals surface area contributed by atoms with Crippen LogP contribution in [0.25, 0.3) is 0 Å². The Hall–Kier alpha value is -2.31. The molecule has 0 radical (unpaired) electrons. The molecule has 1 fully saturated rings. The highest BCUT2D eigenvalue weighted by Crippen LogP contribution is 2.36. The van der Waals surface area contributed by atoms with Gasteiger partial charge in [0.2, 0.25) is 14.8 Å². The monoisotopic (exact) mass is 385 g/mol. The van der Waals surface area contributed by atoms with Gasteiger partial charge in [0.05, 0.1) is 0 Å². The standard InChI is InChI=1S/C21H23NO4S/c1-16(17-10-4-2-5-11-17)22-27(25,26)21(15-9-8-14-19(21)23)20(24)18-12-6-3-7-13-18/h2-7,10-13,16,22H,8-9,14-15H2,1H3/t16-,21?/m1/s1. The van der Waals surface area contributed by atoms with Gasteiger partial charge in [-0.1, -0.05) is 67.1 Å². The van der Waals surface area contributed by atoms with Crippen LogP contribution >= 0.6 is 0 Å². The van der Waals surface area contributed by atoms with Crippen LogP contribution in [0.3, 0.4) is 0 Å². The predicted octanol–water partition coefficient (Wildman–Crippen LogP) is 3.43.